The molecule has 8 heteroatoms. The largest absolute Gasteiger partial charge is 0.445 e. The Morgan fingerprint density at radius 2 is 2.04 bits per heavy atom. The Morgan fingerprint density at radius 1 is 1.28 bits per heavy atom. The first-order valence-corrected chi connectivity index (χ1v) is 10.9. The average molecular weight is 388 g/mol. The molecule has 3 unspecified atom stereocenters. The van der Waals surface area contributed by atoms with E-state index >= 15 is 0 Å². The first kappa shape index (κ1) is 18.5. The van der Waals surface area contributed by atoms with Crippen LogP contribution < -0.4 is 0 Å². The van der Waals surface area contributed by atoms with Gasteiger partial charge in [-0.25, -0.2) is 13.2 Å². The number of hydrogen-bond donors (Lipinski definition) is 0. The fourth-order valence-electron chi connectivity index (χ4n) is 3.65. The molecule has 2 aliphatic heterocycles. The monoisotopic (exact) mass is 387 g/mol. The van der Waals surface area contributed by atoms with Crippen molar-refractivity contribution in [1.82, 2.24) is 4.90 Å². The molecule has 138 valence electrons. The molecule has 2 saturated heterocycles. The number of nitrogens with zero attached hydrogens (tertiary/aromatic N) is 1. The van der Waals surface area contributed by atoms with Crippen LogP contribution in [0, 0.1) is 11.8 Å². The van der Waals surface area contributed by atoms with Crippen molar-refractivity contribution in [3.8, 4) is 0 Å². The molecule has 0 bridgehead atoms. The highest BCUT2D eigenvalue weighted by atomic mass is 35.7. The van der Waals surface area contributed by atoms with Gasteiger partial charge >= 0.3 is 6.09 Å². The fourth-order valence-corrected chi connectivity index (χ4v) is 5.00. The molecule has 0 aliphatic carbocycles. The topological polar surface area (TPSA) is 72.9 Å². The number of ether oxygens (including phenoxy) is 2. The molecule has 1 aromatic rings. The summed E-state index contributed by atoms with van der Waals surface area (Å²) in [6, 6.07) is 9.43. The zero-order chi connectivity index (χ0) is 17.9. The van der Waals surface area contributed by atoms with Crippen LogP contribution in [-0.2, 0) is 25.1 Å². The van der Waals surface area contributed by atoms with Gasteiger partial charge in [-0.15, -0.1) is 0 Å². The Balaban J connectivity index is 1.62. The molecule has 0 radical (unpaired) electrons. The van der Waals surface area contributed by atoms with E-state index in [0.29, 0.717) is 19.7 Å². The molecule has 0 N–H and O–H groups in total. The summed E-state index contributed by atoms with van der Waals surface area (Å²) in [6.45, 7) is 1.64. The van der Waals surface area contributed by atoms with Gasteiger partial charge in [0.05, 0.1) is 11.9 Å². The number of carbonyl (C=O) groups is 1. The van der Waals surface area contributed by atoms with E-state index in [1.165, 1.54) is 0 Å². The number of amides is 1. The Kier molecular flexibility index (Phi) is 5.86. The van der Waals surface area contributed by atoms with Crippen LogP contribution in [0.15, 0.2) is 30.3 Å². The SMILES string of the molecule is O=C(OCc1ccccc1)N1CC(CS(=O)(=O)Cl)C(C2CCCO2)C1. The van der Waals surface area contributed by atoms with Crippen molar-refractivity contribution in [3.05, 3.63) is 35.9 Å². The lowest BCUT2D eigenvalue weighted by molar-refractivity contribution is 0.0529. The number of carbonyl (C=O) groups excluding carboxylic acids is 1. The predicted molar refractivity (Wildman–Crippen MR) is 93.8 cm³/mol. The normalized spacial score (nSPS) is 26.8. The molecule has 0 spiro atoms. The van der Waals surface area contributed by atoms with Crippen molar-refractivity contribution in [2.24, 2.45) is 11.8 Å². The minimum atomic E-state index is -3.64. The van der Waals surface area contributed by atoms with E-state index in [4.69, 9.17) is 20.2 Å². The summed E-state index contributed by atoms with van der Waals surface area (Å²) < 4.78 is 34.1. The first-order valence-electron chi connectivity index (χ1n) is 8.42. The average Bonchev–Trinajstić information content (AvgIpc) is 3.21. The highest BCUT2D eigenvalue weighted by Crippen LogP contribution is 2.34. The number of halogens is 1. The molecule has 1 aromatic carbocycles. The third-order valence-electron chi connectivity index (χ3n) is 4.81. The summed E-state index contributed by atoms with van der Waals surface area (Å²) in [6.07, 6.45) is 1.40. The minimum Gasteiger partial charge on any atom is -0.445 e. The van der Waals surface area contributed by atoms with Crippen LogP contribution in [0.4, 0.5) is 4.79 Å². The highest BCUT2D eigenvalue weighted by molar-refractivity contribution is 8.13. The van der Waals surface area contributed by atoms with Gasteiger partial charge in [-0.3, -0.25) is 0 Å². The lowest BCUT2D eigenvalue weighted by Crippen LogP contribution is -2.31. The molecule has 2 fully saturated rings. The number of hydrogen-bond acceptors (Lipinski definition) is 5. The molecule has 2 aliphatic rings. The lowest BCUT2D eigenvalue weighted by atomic mass is 9.91. The maximum absolute atomic E-state index is 12.4. The number of rotatable bonds is 5. The highest BCUT2D eigenvalue weighted by Gasteiger charge is 2.43. The molecule has 6 nitrogen and oxygen atoms in total. The molecule has 1 amide bonds. The van der Waals surface area contributed by atoms with E-state index in [1.807, 2.05) is 30.3 Å². The molecule has 0 saturated carbocycles. The summed E-state index contributed by atoms with van der Waals surface area (Å²) in [5, 5.41) is 0. The van der Waals surface area contributed by atoms with Gasteiger partial charge in [0.1, 0.15) is 6.61 Å². The standard InChI is InChI=1S/C17H22ClNO5S/c18-25(21,22)12-14-9-19(10-15(14)16-7-4-8-23-16)17(20)24-11-13-5-2-1-3-6-13/h1-3,5-6,14-16H,4,7-12H2. The zero-order valence-electron chi connectivity index (χ0n) is 13.8. The minimum absolute atomic E-state index is 0.0182. The van der Waals surface area contributed by atoms with Crippen LogP contribution in [0.3, 0.4) is 0 Å². The van der Waals surface area contributed by atoms with Gasteiger partial charge in [0.15, 0.2) is 0 Å². The van der Waals surface area contributed by atoms with Crippen molar-refractivity contribution in [1.29, 1.82) is 0 Å². The van der Waals surface area contributed by atoms with E-state index < -0.39 is 15.1 Å². The van der Waals surface area contributed by atoms with Crippen molar-refractivity contribution in [2.45, 2.75) is 25.6 Å². The van der Waals surface area contributed by atoms with Crippen LogP contribution in [0.5, 0.6) is 0 Å². The van der Waals surface area contributed by atoms with Crippen molar-refractivity contribution in [3.63, 3.8) is 0 Å². The van der Waals surface area contributed by atoms with E-state index in [2.05, 4.69) is 0 Å². The molecule has 25 heavy (non-hydrogen) atoms. The van der Waals surface area contributed by atoms with Gasteiger partial charge in [0.2, 0.25) is 9.05 Å². The molecule has 2 heterocycles. The first-order chi connectivity index (χ1) is 11.9. The third kappa shape index (κ3) is 5.09. The Hall–Kier alpha value is -1.31. The summed E-state index contributed by atoms with van der Waals surface area (Å²) >= 11 is 0. The fraction of sp³-hybridized carbons (Fsp3) is 0.588. The summed E-state index contributed by atoms with van der Waals surface area (Å²) in [5.41, 5.74) is 0.908. The Morgan fingerprint density at radius 3 is 2.68 bits per heavy atom. The van der Waals surface area contributed by atoms with E-state index in [9.17, 15) is 13.2 Å². The summed E-state index contributed by atoms with van der Waals surface area (Å²) in [7, 11) is 1.81. The smallest absolute Gasteiger partial charge is 0.410 e. The van der Waals surface area contributed by atoms with Crippen LogP contribution in [0.1, 0.15) is 18.4 Å². The predicted octanol–water partition coefficient (Wildman–Crippen LogP) is 2.62. The van der Waals surface area contributed by atoms with Crippen molar-refractivity contribution < 1.29 is 22.7 Å². The summed E-state index contributed by atoms with van der Waals surface area (Å²) in [4.78, 5) is 13.9. The van der Waals surface area contributed by atoms with Crippen LogP contribution in [0.2, 0.25) is 0 Å². The van der Waals surface area contributed by atoms with Crippen molar-refractivity contribution >= 4 is 25.8 Å². The molecule has 3 atom stereocenters. The molecule has 0 aromatic heterocycles. The summed E-state index contributed by atoms with van der Waals surface area (Å²) in [5.74, 6) is -0.406. The number of benzene rings is 1. The molecule has 3 rings (SSSR count). The van der Waals surface area contributed by atoms with Gasteiger partial charge in [-0.05, 0) is 24.3 Å². The van der Waals surface area contributed by atoms with Gasteiger partial charge in [0.25, 0.3) is 0 Å². The van der Waals surface area contributed by atoms with Crippen LogP contribution in [-0.4, -0.2) is 51.0 Å². The van der Waals surface area contributed by atoms with Gasteiger partial charge in [0, 0.05) is 36.3 Å². The van der Waals surface area contributed by atoms with Gasteiger partial charge in [-0.2, -0.15) is 0 Å². The molecular weight excluding hydrogens is 366 g/mol. The van der Waals surface area contributed by atoms with Crippen molar-refractivity contribution in [2.75, 3.05) is 25.4 Å². The zero-order valence-corrected chi connectivity index (χ0v) is 15.4. The van der Waals surface area contributed by atoms with E-state index in [-0.39, 0.29) is 30.3 Å². The maximum atomic E-state index is 12.4. The second-order valence-electron chi connectivity index (χ2n) is 6.63. The van der Waals surface area contributed by atoms with Crippen LogP contribution in [0.25, 0.3) is 0 Å². The van der Waals surface area contributed by atoms with Gasteiger partial charge in [-0.1, -0.05) is 30.3 Å². The quantitative estimate of drug-likeness (QED) is 0.726. The van der Waals surface area contributed by atoms with E-state index in [1.54, 1.807) is 4.90 Å². The third-order valence-corrected chi connectivity index (χ3v) is 6.01. The Labute approximate surface area is 152 Å². The second-order valence-corrected chi connectivity index (χ2v) is 9.45. The number of likely N-dealkylation sites (tertiary alicyclic amines) is 1. The van der Waals surface area contributed by atoms with Gasteiger partial charge < -0.3 is 14.4 Å². The van der Waals surface area contributed by atoms with Crippen LogP contribution >= 0.6 is 10.7 Å². The Bertz CT molecular complexity index is 690. The lowest BCUT2D eigenvalue weighted by Gasteiger charge is -2.22. The second kappa shape index (κ2) is 7.93. The molecular formula is C17H22ClNO5S. The maximum Gasteiger partial charge on any atom is 0.410 e. The van der Waals surface area contributed by atoms with E-state index in [0.717, 1.165) is 18.4 Å².